The third-order valence-corrected chi connectivity index (χ3v) is 7.43. The lowest BCUT2D eigenvalue weighted by Crippen LogP contribution is -2.41. The van der Waals surface area contributed by atoms with E-state index < -0.39 is 40.3 Å². The summed E-state index contributed by atoms with van der Waals surface area (Å²) in [7, 11) is -1.43. The fourth-order valence-corrected chi connectivity index (χ4v) is 5.03. The SMILES string of the molecule is COc1ccc(C(C)NC(=O)CN(c2cccc(C(F)(F)F)c2)S(=O)(=O)c2ccc(C)cc2)cc1OC. The molecule has 3 aromatic carbocycles. The van der Waals surface area contributed by atoms with Gasteiger partial charge >= 0.3 is 6.18 Å². The van der Waals surface area contributed by atoms with E-state index in [0.717, 1.165) is 17.7 Å². The number of ether oxygens (including phenoxy) is 2. The summed E-state index contributed by atoms with van der Waals surface area (Å²) >= 11 is 0. The molecule has 0 aliphatic heterocycles. The summed E-state index contributed by atoms with van der Waals surface area (Å²) in [6, 6.07) is 14.1. The van der Waals surface area contributed by atoms with E-state index in [0.29, 0.717) is 27.4 Å². The number of sulfonamides is 1. The molecule has 0 saturated carbocycles. The molecule has 7 nitrogen and oxygen atoms in total. The fraction of sp³-hybridized carbons (Fsp3) is 0.269. The molecule has 3 rings (SSSR count). The summed E-state index contributed by atoms with van der Waals surface area (Å²) in [4.78, 5) is 12.9. The lowest BCUT2D eigenvalue weighted by atomic mass is 10.1. The first kappa shape index (κ1) is 27.9. The average molecular weight is 537 g/mol. The van der Waals surface area contributed by atoms with E-state index in [2.05, 4.69) is 5.32 Å². The molecule has 0 saturated heterocycles. The zero-order valence-electron chi connectivity index (χ0n) is 20.7. The van der Waals surface area contributed by atoms with E-state index in [1.54, 1.807) is 44.2 Å². The van der Waals surface area contributed by atoms with E-state index in [9.17, 15) is 26.4 Å². The molecule has 0 aromatic heterocycles. The molecule has 0 aliphatic rings. The number of carbonyl (C=O) groups excluding carboxylic acids is 1. The Balaban J connectivity index is 1.94. The predicted octanol–water partition coefficient (Wildman–Crippen LogP) is 5.10. The number of carbonyl (C=O) groups is 1. The standard InChI is InChI=1S/C26H27F3N2O5S/c1-17-8-11-22(12-9-17)37(33,34)31(21-7-5-6-20(15-21)26(27,28)29)16-25(32)30-18(2)19-10-13-23(35-3)24(14-19)36-4/h5-15,18H,16H2,1-4H3,(H,30,32). The highest BCUT2D eigenvalue weighted by atomic mass is 32.2. The first-order valence-electron chi connectivity index (χ1n) is 11.1. The number of nitrogens with zero attached hydrogens (tertiary/aromatic N) is 1. The Bertz CT molecular complexity index is 1360. The predicted molar refractivity (Wildman–Crippen MR) is 133 cm³/mol. The van der Waals surface area contributed by atoms with Gasteiger partial charge in [-0.1, -0.05) is 29.8 Å². The molecule has 1 unspecified atom stereocenters. The Morgan fingerprint density at radius 1 is 0.973 bits per heavy atom. The van der Waals surface area contributed by atoms with Crippen LogP contribution >= 0.6 is 0 Å². The Hall–Kier alpha value is -3.73. The molecule has 3 aromatic rings. The van der Waals surface area contributed by atoms with Gasteiger partial charge in [0.05, 0.1) is 36.4 Å². The molecule has 11 heteroatoms. The van der Waals surface area contributed by atoms with Crippen LogP contribution in [-0.4, -0.2) is 35.1 Å². The summed E-state index contributed by atoms with van der Waals surface area (Å²) in [5, 5.41) is 2.70. The Morgan fingerprint density at radius 3 is 2.22 bits per heavy atom. The Labute approximate surface area is 213 Å². The number of nitrogens with one attached hydrogen (secondary N) is 1. The van der Waals surface area contributed by atoms with Gasteiger partial charge in [0.25, 0.3) is 10.0 Å². The minimum absolute atomic E-state index is 0.156. The number of rotatable bonds is 9. The van der Waals surface area contributed by atoms with E-state index >= 15 is 0 Å². The second-order valence-corrected chi connectivity index (χ2v) is 10.1. The molecule has 0 heterocycles. The smallest absolute Gasteiger partial charge is 0.416 e. The van der Waals surface area contributed by atoms with Crippen molar-refractivity contribution in [2.24, 2.45) is 0 Å². The number of hydrogen-bond acceptors (Lipinski definition) is 5. The van der Waals surface area contributed by atoms with Crippen LogP contribution in [0.1, 0.15) is 29.7 Å². The van der Waals surface area contributed by atoms with Crippen LogP contribution in [-0.2, 0) is 21.0 Å². The van der Waals surface area contributed by atoms with E-state index in [1.807, 2.05) is 0 Å². The first-order valence-corrected chi connectivity index (χ1v) is 12.6. The van der Waals surface area contributed by atoms with Gasteiger partial charge in [-0.3, -0.25) is 9.10 Å². The van der Waals surface area contributed by atoms with Crippen LogP contribution in [0.2, 0.25) is 0 Å². The maximum Gasteiger partial charge on any atom is 0.416 e. The van der Waals surface area contributed by atoms with Gasteiger partial charge in [0.2, 0.25) is 5.91 Å². The van der Waals surface area contributed by atoms with E-state index in [1.165, 1.54) is 32.4 Å². The Morgan fingerprint density at radius 2 is 1.62 bits per heavy atom. The maximum atomic E-state index is 13.5. The zero-order valence-corrected chi connectivity index (χ0v) is 21.5. The van der Waals surface area contributed by atoms with Crippen molar-refractivity contribution in [3.63, 3.8) is 0 Å². The van der Waals surface area contributed by atoms with Gasteiger partial charge in [-0.15, -0.1) is 0 Å². The van der Waals surface area contributed by atoms with Crippen LogP contribution in [0.15, 0.2) is 71.6 Å². The molecule has 1 N–H and O–H groups in total. The quantitative estimate of drug-likeness (QED) is 0.411. The van der Waals surface area contributed by atoms with Gasteiger partial charge in [-0.2, -0.15) is 13.2 Å². The normalized spacial score (nSPS) is 12.5. The molecule has 0 radical (unpaired) electrons. The van der Waals surface area contributed by atoms with Gasteiger partial charge in [-0.25, -0.2) is 8.42 Å². The summed E-state index contributed by atoms with van der Waals surface area (Å²) < 4.78 is 78.2. The second kappa shape index (κ2) is 11.1. The Kier molecular flexibility index (Phi) is 8.37. The highest BCUT2D eigenvalue weighted by Gasteiger charge is 2.33. The van der Waals surface area contributed by atoms with E-state index in [-0.39, 0.29) is 10.6 Å². The number of alkyl halides is 3. The molecular formula is C26H27F3N2O5S. The van der Waals surface area contributed by atoms with Crippen LogP contribution in [0.25, 0.3) is 0 Å². The number of halogens is 3. The van der Waals surface area contributed by atoms with Gasteiger partial charge in [0.1, 0.15) is 6.54 Å². The second-order valence-electron chi connectivity index (χ2n) is 8.28. The van der Waals surface area contributed by atoms with Crippen LogP contribution in [0.5, 0.6) is 11.5 Å². The summed E-state index contributed by atoms with van der Waals surface area (Å²) in [5.74, 6) is 0.216. The number of methoxy groups -OCH3 is 2. The van der Waals surface area contributed by atoms with E-state index in [4.69, 9.17) is 9.47 Å². The lowest BCUT2D eigenvalue weighted by Gasteiger charge is -2.26. The number of benzene rings is 3. The molecule has 198 valence electrons. The topological polar surface area (TPSA) is 84.9 Å². The van der Waals surface area contributed by atoms with Crippen molar-refractivity contribution in [1.29, 1.82) is 0 Å². The number of aryl methyl sites for hydroxylation is 1. The number of amides is 1. The summed E-state index contributed by atoms with van der Waals surface area (Å²) in [6.07, 6.45) is -4.69. The first-order chi connectivity index (χ1) is 17.4. The van der Waals surface area contributed by atoms with Gasteiger partial charge in [-0.05, 0) is 61.9 Å². The van der Waals surface area contributed by atoms with Crippen molar-refractivity contribution in [2.45, 2.75) is 31.0 Å². The molecule has 1 atom stereocenters. The van der Waals surface area contributed by atoms with Crippen molar-refractivity contribution in [1.82, 2.24) is 5.32 Å². The number of anilines is 1. The monoisotopic (exact) mass is 536 g/mol. The molecular weight excluding hydrogens is 509 g/mol. The summed E-state index contributed by atoms with van der Waals surface area (Å²) in [5.41, 5.74) is 0.126. The van der Waals surface area contributed by atoms with Gasteiger partial charge in [0.15, 0.2) is 11.5 Å². The van der Waals surface area contributed by atoms with Crippen molar-refractivity contribution in [2.75, 3.05) is 25.1 Å². The molecule has 0 fully saturated rings. The average Bonchev–Trinajstić information content (AvgIpc) is 2.86. The molecule has 0 bridgehead atoms. The summed E-state index contributed by atoms with van der Waals surface area (Å²) in [6.45, 7) is 2.71. The van der Waals surface area contributed by atoms with Crippen LogP contribution in [0, 0.1) is 6.92 Å². The third kappa shape index (κ3) is 6.53. The fourth-order valence-electron chi connectivity index (χ4n) is 3.61. The van der Waals surface area contributed by atoms with Gasteiger partial charge < -0.3 is 14.8 Å². The van der Waals surface area contributed by atoms with Gasteiger partial charge in [0, 0.05) is 0 Å². The maximum absolute atomic E-state index is 13.5. The van der Waals surface area contributed by atoms with Crippen LogP contribution in [0.3, 0.4) is 0 Å². The van der Waals surface area contributed by atoms with Crippen molar-refractivity contribution in [3.05, 3.63) is 83.4 Å². The minimum Gasteiger partial charge on any atom is -0.493 e. The lowest BCUT2D eigenvalue weighted by molar-refractivity contribution is -0.137. The highest BCUT2D eigenvalue weighted by molar-refractivity contribution is 7.92. The van der Waals surface area contributed by atoms with Crippen molar-refractivity contribution >= 4 is 21.6 Å². The van der Waals surface area contributed by atoms with Crippen LogP contribution in [0.4, 0.5) is 18.9 Å². The van der Waals surface area contributed by atoms with Crippen LogP contribution < -0.4 is 19.1 Å². The van der Waals surface area contributed by atoms with Crippen molar-refractivity contribution in [3.8, 4) is 11.5 Å². The third-order valence-electron chi connectivity index (χ3n) is 5.64. The highest BCUT2D eigenvalue weighted by Crippen LogP contribution is 2.33. The molecule has 0 spiro atoms. The van der Waals surface area contributed by atoms with Crippen molar-refractivity contribution < 1.29 is 35.9 Å². The largest absolute Gasteiger partial charge is 0.493 e. The molecule has 37 heavy (non-hydrogen) atoms. The zero-order chi connectivity index (χ0) is 27.4. The minimum atomic E-state index is -4.69. The number of hydrogen-bond donors (Lipinski definition) is 1. The molecule has 0 aliphatic carbocycles. The molecule has 1 amide bonds.